The molecule has 0 N–H and O–H groups in total. The Kier molecular flexibility index (Phi) is 3.19. The van der Waals surface area contributed by atoms with Crippen LogP contribution in [0.1, 0.15) is 27.0 Å². The molecule has 0 saturated carbocycles. The van der Waals surface area contributed by atoms with Crippen LogP contribution in [0, 0.1) is 13.8 Å². The number of nitrogens with zero attached hydrogens (tertiary/aromatic N) is 2. The van der Waals surface area contributed by atoms with E-state index in [1.54, 1.807) is 31.2 Å². The molecule has 0 amide bonds. The van der Waals surface area contributed by atoms with Crippen molar-refractivity contribution in [3.63, 3.8) is 0 Å². The maximum absolute atomic E-state index is 12.4. The number of ketones is 1. The van der Waals surface area contributed by atoms with Gasteiger partial charge in [-0.05, 0) is 31.0 Å². The van der Waals surface area contributed by atoms with Crippen molar-refractivity contribution < 1.29 is 9.53 Å². The third-order valence-corrected chi connectivity index (χ3v) is 2.86. The zero-order chi connectivity index (χ0) is 13.3. The molecule has 0 radical (unpaired) electrons. The molecule has 1 aromatic heterocycles. The summed E-state index contributed by atoms with van der Waals surface area (Å²) in [7, 11) is 3.37. The zero-order valence-electron chi connectivity index (χ0n) is 11.0. The van der Waals surface area contributed by atoms with Crippen molar-refractivity contribution in [1.29, 1.82) is 0 Å². The van der Waals surface area contributed by atoms with Crippen molar-refractivity contribution in [2.75, 3.05) is 7.11 Å². The molecule has 1 aromatic carbocycles. The van der Waals surface area contributed by atoms with Gasteiger partial charge in [-0.15, -0.1) is 0 Å². The van der Waals surface area contributed by atoms with E-state index in [0.29, 0.717) is 16.9 Å². The Labute approximate surface area is 106 Å². The minimum Gasteiger partial charge on any atom is -0.496 e. The number of hydrogen-bond donors (Lipinski definition) is 0. The highest BCUT2D eigenvalue weighted by molar-refractivity contribution is 6.11. The van der Waals surface area contributed by atoms with Crippen molar-refractivity contribution in [3.05, 3.63) is 46.8 Å². The van der Waals surface area contributed by atoms with Crippen LogP contribution in [0.5, 0.6) is 5.75 Å². The maximum atomic E-state index is 12.4. The molecule has 0 spiro atoms. The molecule has 2 rings (SSSR count). The second-order valence-corrected chi connectivity index (χ2v) is 4.39. The third-order valence-electron chi connectivity index (χ3n) is 2.86. The summed E-state index contributed by atoms with van der Waals surface area (Å²) in [5.41, 5.74) is 3.17. The summed E-state index contributed by atoms with van der Waals surface area (Å²) in [5, 5.41) is 4.02. The summed E-state index contributed by atoms with van der Waals surface area (Å²) in [6.07, 6.45) is 3.28. The van der Waals surface area contributed by atoms with Gasteiger partial charge in [0.05, 0.1) is 24.4 Å². The van der Waals surface area contributed by atoms with Crippen LogP contribution in [0.15, 0.2) is 24.5 Å². The minimum absolute atomic E-state index is 0.0579. The lowest BCUT2D eigenvalue weighted by Crippen LogP contribution is -2.06. The maximum Gasteiger partial charge on any atom is 0.200 e. The molecule has 18 heavy (non-hydrogen) atoms. The van der Waals surface area contributed by atoms with E-state index in [4.69, 9.17) is 4.74 Å². The number of hydrogen-bond acceptors (Lipinski definition) is 3. The van der Waals surface area contributed by atoms with Crippen LogP contribution in [-0.2, 0) is 7.05 Å². The lowest BCUT2D eigenvalue weighted by atomic mass is 9.98. The van der Waals surface area contributed by atoms with E-state index in [2.05, 4.69) is 5.10 Å². The first-order valence-electron chi connectivity index (χ1n) is 5.71. The summed E-state index contributed by atoms with van der Waals surface area (Å²) >= 11 is 0. The molecule has 0 saturated heterocycles. The molecule has 94 valence electrons. The van der Waals surface area contributed by atoms with Crippen molar-refractivity contribution in [2.24, 2.45) is 7.05 Å². The number of aryl methyl sites for hydroxylation is 3. The number of benzene rings is 1. The van der Waals surface area contributed by atoms with Gasteiger partial charge in [0, 0.05) is 13.2 Å². The molecule has 0 atom stereocenters. The number of rotatable bonds is 3. The summed E-state index contributed by atoms with van der Waals surface area (Å²) in [6, 6.07) is 3.85. The van der Waals surface area contributed by atoms with Gasteiger partial charge < -0.3 is 4.74 Å². The largest absolute Gasteiger partial charge is 0.496 e. The molecule has 4 heteroatoms. The summed E-state index contributed by atoms with van der Waals surface area (Å²) in [5.74, 6) is 0.554. The summed E-state index contributed by atoms with van der Waals surface area (Å²) in [4.78, 5) is 12.4. The van der Waals surface area contributed by atoms with Crippen LogP contribution in [0.4, 0.5) is 0 Å². The van der Waals surface area contributed by atoms with Gasteiger partial charge in [0.1, 0.15) is 5.75 Å². The Morgan fingerprint density at radius 2 is 2.06 bits per heavy atom. The fourth-order valence-electron chi connectivity index (χ4n) is 2.06. The SMILES string of the molecule is COc1cc(C)cc(C)c1C(=O)c1cnn(C)c1. The van der Waals surface area contributed by atoms with Crippen LogP contribution in [0.25, 0.3) is 0 Å². The number of ether oxygens (including phenoxy) is 1. The molecule has 0 unspecified atom stereocenters. The van der Waals surface area contributed by atoms with Gasteiger partial charge in [0.25, 0.3) is 0 Å². The van der Waals surface area contributed by atoms with Crippen LogP contribution < -0.4 is 4.74 Å². The van der Waals surface area contributed by atoms with E-state index in [1.165, 1.54) is 0 Å². The van der Waals surface area contributed by atoms with E-state index in [0.717, 1.165) is 11.1 Å². The highest BCUT2D eigenvalue weighted by Gasteiger charge is 2.18. The molecule has 2 aromatic rings. The van der Waals surface area contributed by atoms with Gasteiger partial charge in [0.15, 0.2) is 5.78 Å². The quantitative estimate of drug-likeness (QED) is 0.778. The Morgan fingerprint density at radius 1 is 1.33 bits per heavy atom. The van der Waals surface area contributed by atoms with Crippen LogP contribution in [0.3, 0.4) is 0 Å². The summed E-state index contributed by atoms with van der Waals surface area (Å²) in [6.45, 7) is 3.90. The van der Waals surface area contributed by atoms with Gasteiger partial charge in [-0.3, -0.25) is 9.48 Å². The number of methoxy groups -OCH3 is 1. The molecule has 0 aliphatic carbocycles. The first-order valence-corrected chi connectivity index (χ1v) is 5.71. The van der Waals surface area contributed by atoms with Crippen molar-refractivity contribution >= 4 is 5.78 Å². The highest BCUT2D eigenvalue weighted by Crippen LogP contribution is 2.26. The first kappa shape index (κ1) is 12.4. The molecule has 1 heterocycles. The van der Waals surface area contributed by atoms with Crippen molar-refractivity contribution in [2.45, 2.75) is 13.8 Å². The van der Waals surface area contributed by atoms with E-state index in [9.17, 15) is 4.79 Å². The second kappa shape index (κ2) is 4.64. The van der Waals surface area contributed by atoms with Crippen LogP contribution >= 0.6 is 0 Å². The standard InChI is InChI=1S/C14H16N2O2/c1-9-5-10(2)13(12(6-9)18-4)14(17)11-7-15-16(3)8-11/h5-8H,1-4H3. The van der Waals surface area contributed by atoms with Crippen molar-refractivity contribution in [1.82, 2.24) is 9.78 Å². The van der Waals surface area contributed by atoms with E-state index in [-0.39, 0.29) is 5.78 Å². The Hall–Kier alpha value is -2.10. The summed E-state index contributed by atoms with van der Waals surface area (Å²) < 4.78 is 6.92. The lowest BCUT2D eigenvalue weighted by Gasteiger charge is -2.11. The highest BCUT2D eigenvalue weighted by atomic mass is 16.5. The fourth-order valence-corrected chi connectivity index (χ4v) is 2.06. The molecule has 0 fully saturated rings. The monoisotopic (exact) mass is 244 g/mol. The average Bonchev–Trinajstić information content (AvgIpc) is 2.74. The minimum atomic E-state index is -0.0579. The molecule has 0 aliphatic heterocycles. The Balaban J connectivity index is 2.54. The van der Waals surface area contributed by atoms with Gasteiger partial charge >= 0.3 is 0 Å². The molecule has 0 bridgehead atoms. The smallest absolute Gasteiger partial charge is 0.200 e. The van der Waals surface area contributed by atoms with E-state index < -0.39 is 0 Å². The molecular weight excluding hydrogens is 228 g/mol. The molecular formula is C14H16N2O2. The average molecular weight is 244 g/mol. The van der Waals surface area contributed by atoms with Gasteiger partial charge in [-0.1, -0.05) is 6.07 Å². The van der Waals surface area contributed by atoms with Crippen molar-refractivity contribution in [3.8, 4) is 5.75 Å². The normalized spacial score (nSPS) is 10.4. The van der Waals surface area contributed by atoms with E-state index >= 15 is 0 Å². The van der Waals surface area contributed by atoms with Crippen LogP contribution in [0.2, 0.25) is 0 Å². The predicted molar refractivity (Wildman–Crippen MR) is 69.1 cm³/mol. The first-order chi connectivity index (χ1) is 8.52. The second-order valence-electron chi connectivity index (χ2n) is 4.39. The van der Waals surface area contributed by atoms with Gasteiger partial charge in [0.2, 0.25) is 0 Å². The van der Waals surface area contributed by atoms with Gasteiger partial charge in [-0.25, -0.2) is 0 Å². The predicted octanol–water partition coefficient (Wildman–Crippen LogP) is 2.28. The number of carbonyl (C=O) groups is 1. The Morgan fingerprint density at radius 3 is 2.61 bits per heavy atom. The topological polar surface area (TPSA) is 44.1 Å². The fraction of sp³-hybridized carbons (Fsp3) is 0.286. The third kappa shape index (κ3) is 2.14. The lowest BCUT2D eigenvalue weighted by molar-refractivity contribution is 0.103. The van der Waals surface area contributed by atoms with Gasteiger partial charge in [-0.2, -0.15) is 5.10 Å². The molecule has 4 nitrogen and oxygen atoms in total. The number of carbonyl (C=O) groups excluding carboxylic acids is 1. The zero-order valence-corrected chi connectivity index (χ0v) is 11.0. The van der Waals surface area contributed by atoms with Crippen LogP contribution in [-0.4, -0.2) is 22.7 Å². The Bertz CT molecular complexity index is 600. The molecule has 0 aliphatic rings. The van der Waals surface area contributed by atoms with E-state index in [1.807, 2.05) is 26.0 Å². The number of aromatic nitrogens is 2.